The Labute approximate surface area is 118 Å². The van der Waals surface area contributed by atoms with Crippen LogP contribution in [0.15, 0.2) is 11.2 Å². The van der Waals surface area contributed by atoms with Crippen LogP contribution in [-0.2, 0) is 15.6 Å². The molecule has 0 amide bonds. The molecule has 0 bridgehead atoms. The monoisotopic (exact) mass is 303 g/mol. The van der Waals surface area contributed by atoms with Crippen LogP contribution in [0.1, 0.15) is 45.9 Å². The first-order valence-electron chi connectivity index (χ1n) is 6.00. The second kappa shape index (κ2) is 5.51. The van der Waals surface area contributed by atoms with Crippen molar-refractivity contribution in [3.63, 3.8) is 0 Å². The molecule has 19 heavy (non-hydrogen) atoms. The van der Waals surface area contributed by atoms with E-state index in [4.69, 9.17) is 15.9 Å². The minimum Gasteiger partial charge on any atom is -0.333 e. The number of imidazole rings is 1. The van der Waals surface area contributed by atoms with Gasteiger partial charge >= 0.3 is 0 Å². The Kier molecular flexibility index (Phi) is 4.64. The topological polar surface area (TPSA) is 75.8 Å². The Balaban J connectivity index is 3.07. The van der Waals surface area contributed by atoms with E-state index in [1.807, 2.05) is 27.7 Å². The van der Waals surface area contributed by atoms with Gasteiger partial charge in [-0.25, -0.2) is 13.4 Å². The number of rotatable bonds is 5. The molecule has 5 nitrogen and oxygen atoms in total. The molecule has 106 valence electrons. The van der Waals surface area contributed by atoms with Gasteiger partial charge in [-0.2, -0.15) is 5.26 Å². The van der Waals surface area contributed by atoms with Crippen molar-refractivity contribution >= 4 is 19.7 Å². The fraction of sp³-hybridized carbons (Fsp3) is 0.667. The lowest BCUT2D eigenvalue weighted by Gasteiger charge is -2.17. The van der Waals surface area contributed by atoms with Crippen LogP contribution in [-0.4, -0.2) is 18.0 Å². The minimum atomic E-state index is -3.82. The van der Waals surface area contributed by atoms with Crippen LogP contribution in [0.5, 0.6) is 0 Å². The van der Waals surface area contributed by atoms with Crippen molar-refractivity contribution in [1.29, 1.82) is 5.26 Å². The van der Waals surface area contributed by atoms with E-state index < -0.39 is 14.5 Å². The highest BCUT2D eigenvalue weighted by molar-refractivity contribution is 8.13. The van der Waals surface area contributed by atoms with Crippen LogP contribution in [0.3, 0.4) is 0 Å². The number of halogens is 1. The molecule has 0 atom stereocenters. The first-order chi connectivity index (χ1) is 8.57. The van der Waals surface area contributed by atoms with Gasteiger partial charge in [-0.15, -0.1) is 0 Å². The zero-order valence-corrected chi connectivity index (χ0v) is 13.1. The highest BCUT2D eigenvalue weighted by atomic mass is 35.7. The lowest BCUT2D eigenvalue weighted by atomic mass is 9.91. The van der Waals surface area contributed by atoms with Gasteiger partial charge in [0.1, 0.15) is 5.82 Å². The van der Waals surface area contributed by atoms with Gasteiger partial charge in [0.2, 0.25) is 0 Å². The predicted molar refractivity (Wildman–Crippen MR) is 73.4 cm³/mol. The maximum absolute atomic E-state index is 11.3. The third-order valence-corrected chi connectivity index (χ3v) is 4.00. The molecular formula is C12H18ClN3O2S. The average Bonchev–Trinajstić information content (AvgIpc) is 2.70. The fourth-order valence-electron chi connectivity index (χ4n) is 1.62. The van der Waals surface area contributed by atoms with Crippen LogP contribution < -0.4 is 0 Å². The molecule has 1 aromatic heterocycles. The van der Waals surface area contributed by atoms with E-state index in [1.54, 1.807) is 4.57 Å². The standard InChI is InChI=1S/C12H18ClN3O2S/c1-9(2)11-15-10(19(13,17)18)7-16(11)6-5-12(3,4)8-14/h7,9H,5-6H2,1-4H3. The summed E-state index contributed by atoms with van der Waals surface area (Å²) in [5.74, 6) is 0.741. The average molecular weight is 304 g/mol. The van der Waals surface area contributed by atoms with E-state index in [1.165, 1.54) is 6.20 Å². The van der Waals surface area contributed by atoms with Crippen molar-refractivity contribution < 1.29 is 8.42 Å². The van der Waals surface area contributed by atoms with E-state index in [0.29, 0.717) is 18.8 Å². The number of hydrogen-bond acceptors (Lipinski definition) is 4. The van der Waals surface area contributed by atoms with Crippen molar-refractivity contribution in [2.45, 2.75) is 51.6 Å². The van der Waals surface area contributed by atoms with Crippen molar-refractivity contribution in [3.05, 3.63) is 12.0 Å². The summed E-state index contributed by atoms with van der Waals surface area (Å²) >= 11 is 0. The zero-order valence-electron chi connectivity index (χ0n) is 11.5. The van der Waals surface area contributed by atoms with Gasteiger partial charge in [-0.05, 0) is 20.3 Å². The van der Waals surface area contributed by atoms with E-state index in [2.05, 4.69) is 11.1 Å². The Bertz CT molecular complexity index is 597. The third kappa shape index (κ3) is 4.22. The van der Waals surface area contributed by atoms with Gasteiger partial charge in [-0.3, -0.25) is 0 Å². The SMILES string of the molecule is CC(C)c1nc(S(=O)(=O)Cl)cn1CCC(C)(C)C#N. The molecule has 0 N–H and O–H groups in total. The number of nitrogens with zero attached hydrogens (tertiary/aromatic N) is 3. The summed E-state index contributed by atoms with van der Waals surface area (Å²) in [5, 5.41) is 8.86. The molecule has 0 aliphatic carbocycles. The normalized spacial score (nSPS) is 12.7. The summed E-state index contributed by atoms with van der Waals surface area (Å²) < 4.78 is 24.4. The van der Waals surface area contributed by atoms with Crippen molar-refractivity contribution in [2.75, 3.05) is 0 Å². The van der Waals surface area contributed by atoms with Crippen molar-refractivity contribution in [2.24, 2.45) is 5.41 Å². The number of aromatic nitrogens is 2. The number of aryl methyl sites for hydroxylation is 1. The van der Waals surface area contributed by atoms with Crippen molar-refractivity contribution in [3.8, 4) is 6.07 Å². The van der Waals surface area contributed by atoms with Crippen LogP contribution in [0.25, 0.3) is 0 Å². The molecule has 0 aliphatic rings. The van der Waals surface area contributed by atoms with Gasteiger partial charge in [0.25, 0.3) is 9.05 Å². The fourth-order valence-corrected chi connectivity index (χ4v) is 2.30. The first kappa shape index (κ1) is 16.0. The summed E-state index contributed by atoms with van der Waals surface area (Å²) in [6, 6.07) is 2.22. The van der Waals surface area contributed by atoms with Crippen LogP contribution >= 0.6 is 10.7 Å². The predicted octanol–water partition coefficient (Wildman–Crippen LogP) is 2.87. The molecule has 1 aromatic rings. The van der Waals surface area contributed by atoms with Gasteiger partial charge in [-0.1, -0.05) is 13.8 Å². The summed E-state index contributed by atoms with van der Waals surface area (Å²) in [4.78, 5) is 4.07. The molecule has 0 aliphatic heterocycles. The minimum absolute atomic E-state index is 0.0809. The lowest BCUT2D eigenvalue weighted by Crippen LogP contribution is -2.14. The van der Waals surface area contributed by atoms with E-state index in [0.717, 1.165) is 0 Å². The molecule has 0 unspecified atom stereocenters. The smallest absolute Gasteiger partial charge is 0.280 e. The molecule has 0 fully saturated rings. The Morgan fingerprint density at radius 1 is 1.53 bits per heavy atom. The maximum Gasteiger partial charge on any atom is 0.280 e. The molecule has 1 heterocycles. The summed E-state index contributed by atoms with van der Waals surface area (Å²) in [7, 11) is 1.49. The molecule has 0 aromatic carbocycles. The number of nitriles is 1. The van der Waals surface area contributed by atoms with Crippen LogP contribution in [0.4, 0.5) is 0 Å². The molecule has 0 spiro atoms. The highest BCUT2D eigenvalue weighted by Crippen LogP contribution is 2.24. The molecular weight excluding hydrogens is 286 g/mol. The second-order valence-corrected chi connectivity index (χ2v) is 7.98. The van der Waals surface area contributed by atoms with Gasteiger partial charge in [0.05, 0.1) is 11.5 Å². The van der Waals surface area contributed by atoms with Gasteiger partial charge in [0.15, 0.2) is 5.03 Å². The zero-order chi connectivity index (χ0) is 14.8. The van der Waals surface area contributed by atoms with Gasteiger partial charge < -0.3 is 4.57 Å². The van der Waals surface area contributed by atoms with Crippen LogP contribution in [0, 0.1) is 16.7 Å². The largest absolute Gasteiger partial charge is 0.333 e. The Morgan fingerprint density at radius 3 is 2.53 bits per heavy atom. The summed E-state index contributed by atoms with van der Waals surface area (Å²) in [6.07, 6.45) is 2.05. The number of hydrogen-bond donors (Lipinski definition) is 0. The maximum atomic E-state index is 11.3. The van der Waals surface area contributed by atoms with Crippen LogP contribution in [0.2, 0.25) is 0 Å². The van der Waals surface area contributed by atoms with E-state index >= 15 is 0 Å². The lowest BCUT2D eigenvalue weighted by molar-refractivity contribution is 0.406. The van der Waals surface area contributed by atoms with E-state index in [-0.39, 0.29) is 10.9 Å². The second-order valence-electron chi connectivity index (χ2n) is 5.47. The molecule has 0 radical (unpaired) electrons. The highest BCUT2D eigenvalue weighted by Gasteiger charge is 2.22. The molecule has 0 saturated carbocycles. The third-order valence-electron chi connectivity index (χ3n) is 2.83. The summed E-state index contributed by atoms with van der Waals surface area (Å²) in [5.41, 5.74) is -0.460. The van der Waals surface area contributed by atoms with Gasteiger partial charge in [0, 0.05) is 29.3 Å². The molecule has 7 heteroatoms. The Hall–Kier alpha value is -1.06. The molecule has 1 rings (SSSR count). The van der Waals surface area contributed by atoms with Crippen molar-refractivity contribution in [1.82, 2.24) is 9.55 Å². The Morgan fingerprint density at radius 2 is 2.11 bits per heavy atom. The van der Waals surface area contributed by atoms with E-state index in [9.17, 15) is 8.42 Å². The quantitative estimate of drug-likeness (QED) is 0.784. The summed E-state index contributed by atoms with van der Waals surface area (Å²) in [6.45, 7) is 8.08. The molecule has 0 saturated heterocycles. The first-order valence-corrected chi connectivity index (χ1v) is 8.31.